The zero-order chi connectivity index (χ0) is 10.4. The Morgan fingerprint density at radius 1 is 1.53 bits per heavy atom. The third-order valence-corrected chi connectivity index (χ3v) is 3.16. The standard InChI is InChI=1S/C11H12ClN3/c1-2-8-5-10(12)15-11(14-8)9(6-13-15)7-3-4-7/h5-7H,2-4H2,1H3. The Hall–Kier alpha value is -1.09. The molecule has 1 aliphatic carbocycles. The molecule has 0 spiro atoms. The number of aromatic nitrogens is 3. The summed E-state index contributed by atoms with van der Waals surface area (Å²) in [7, 11) is 0. The average molecular weight is 222 g/mol. The minimum absolute atomic E-state index is 0.656. The summed E-state index contributed by atoms with van der Waals surface area (Å²) >= 11 is 6.14. The van der Waals surface area contributed by atoms with Crippen LogP contribution in [0.3, 0.4) is 0 Å². The minimum Gasteiger partial charge on any atom is -0.233 e. The molecule has 15 heavy (non-hydrogen) atoms. The van der Waals surface area contributed by atoms with Crippen molar-refractivity contribution in [1.29, 1.82) is 0 Å². The second-order valence-electron chi connectivity index (χ2n) is 4.03. The lowest BCUT2D eigenvalue weighted by atomic mass is 10.2. The fourth-order valence-corrected chi connectivity index (χ4v) is 2.10. The first kappa shape index (κ1) is 9.16. The summed E-state index contributed by atoms with van der Waals surface area (Å²) in [5, 5.41) is 4.93. The molecule has 0 radical (unpaired) electrons. The smallest absolute Gasteiger partial charge is 0.160 e. The SMILES string of the molecule is CCc1cc(Cl)n2ncc(C3CC3)c2n1. The van der Waals surface area contributed by atoms with Gasteiger partial charge >= 0.3 is 0 Å². The molecule has 0 N–H and O–H groups in total. The van der Waals surface area contributed by atoms with Crippen molar-refractivity contribution >= 4 is 17.2 Å². The number of hydrogen-bond donors (Lipinski definition) is 0. The third-order valence-electron chi connectivity index (χ3n) is 2.89. The van der Waals surface area contributed by atoms with Crippen LogP contribution < -0.4 is 0 Å². The van der Waals surface area contributed by atoms with E-state index in [-0.39, 0.29) is 0 Å². The van der Waals surface area contributed by atoms with E-state index in [0.29, 0.717) is 11.1 Å². The van der Waals surface area contributed by atoms with E-state index in [1.165, 1.54) is 18.4 Å². The van der Waals surface area contributed by atoms with E-state index in [9.17, 15) is 0 Å². The summed E-state index contributed by atoms with van der Waals surface area (Å²) in [5.74, 6) is 0.665. The molecule has 3 nitrogen and oxygen atoms in total. The van der Waals surface area contributed by atoms with E-state index in [0.717, 1.165) is 17.8 Å². The summed E-state index contributed by atoms with van der Waals surface area (Å²) in [6, 6.07) is 1.89. The lowest BCUT2D eigenvalue weighted by Crippen LogP contribution is -1.97. The highest BCUT2D eigenvalue weighted by molar-refractivity contribution is 6.29. The molecule has 2 aromatic rings. The van der Waals surface area contributed by atoms with Crippen molar-refractivity contribution in [2.45, 2.75) is 32.1 Å². The lowest BCUT2D eigenvalue weighted by Gasteiger charge is -2.01. The zero-order valence-electron chi connectivity index (χ0n) is 8.57. The van der Waals surface area contributed by atoms with Crippen LogP contribution in [0.5, 0.6) is 0 Å². The summed E-state index contributed by atoms with van der Waals surface area (Å²) < 4.78 is 1.73. The summed E-state index contributed by atoms with van der Waals surface area (Å²) in [6.45, 7) is 2.09. The van der Waals surface area contributed by atoms with Crippen LogP contribution in [0.1, 0.15) is 36.9 Å². The molecule has 3 rings (SSSR count). The van der Waals surface area contributed by atoms with Crippen LogP contribution >= 0.6 is 11.6 Å². The molecule has 0 saturated heterocycles. The maximum absolute atomic E-state index is 6.14. The topological polar surface area (TPSA) is 30.2 Å². The molecule has 1 fully saturated rings. The molecule has 0 bridgehead atoms. The maximum Gasteiger partial charge on any atom is 0.160 e. The number of rotatable bonds is 2. The summed E-state index contributed by atoms with van der Waals surface area (Å²) in [5.41, 5.74) is 3.24. The van der Waals surface area contributed by atoms with Gasteiger partial charge in [0.05, 0.1) is 6.20 Å². The Balaban J connectivity index is 2.26. The van der Waals surface area contributed by atoms with E-state index in [1.807, 2.05) is 12.3 Å². The highest BCUT2D eigenvalue weighted by Gasteiger charge is 2.27. The van der Waals surface area contributed by atoms with Gasteiger partial charge in [-0.1, -0.05) is 18.5 Å². The van der Waals surface area contributed by atoms with E-state index in [1.54, 1.807) is 4.52 Å². The van der Waals surface area contributed by atoms with Gasteiger partial charge in [-0.05, 0) is 31.2 Å². The molecule has 78 valence electrons. The van der Waals surface area contributed by atoms with Gasteiger partial charge in [0, 0.05) is 11.3 Å². The quantitative estimate of drug-likeness (QED) is 0.730. The monoisotopic (exact) mass is 221 g/mol. The predicted octanol–water partition coefficient (Wildman–Crippen LogP) is 2.82. The van der Waals surface area contributed by atoms with Gasteiger partial charge in [0.15, 0.2) is 5.65 Å². The first-order valence-corrected chi connectivity index (χ1v) is 5.70. The number of aryl methyl sites for hydroxylation is 1. The van der Waals surface area contributed by atoms with Crippen molar-refractivity contribution in [3.8, 4) is 0 Å². The Morgan fingerprint density at radius 2 is 2.33 bits per heavy atom. The van der Waals surface area contributed by atoms with Crippen LogP contribution in [-0.2, 0) is 6.42 Å². The molecule has 0 amide bonds. The van der Waals surface area contributed by atoms with E-state index in [4.69, 9.17) is 11.6 Å². The summed E-state index contributed by atoms with van der Waals surface area (Å²) in [6.07, 6.45) is 5.34. The normalized spacial score (nSPS) is 16.1. The molecule has 2 heterocycles. The highest BCUT2D eigenvalue weighted by atomic mass is 35.5. The maximum atomic E-state index is 6.14. The van der Waals surface area contributed by atoms with E-state index < -0.39 is 0 Å². The Bertz CT molecular complexity index is 514. The molecule has 1 aliphatic rings. The molecule has 0 aliphatic heterocycles. The zero-order valence-corrected chi connectivity index (χ0v) is 9.33. The number of fused-ring (bicyclic) bond motifs is 1. The van der Waals surface area contributed by atoms with Crippen molar-refractivity contribution in [1.82, 2.24) is 14.6 Å². The third kappa shape index (κ3) is 1.42. The fourth-order valence-electron chi connectivity index (χ4n) is 1.85. The van der Waals surface area contributed by atoms with Crippen molar-refractivity contribution < 1.29 is 0 Å². The van der Waals surface area contributed by atoms with Crippen LogP contribution in [0.25, 0.3) is 5.65 Å². The molecule has 2 aromatic heterocycles. The van der Waals surface area contributed by atoms with Gasteiger partial charge < -0.3 is 0 Å². The van der Waals surface area contributed by atoms with Crippen LogP contribution in [0.15, 0.2) is 12.3 Å². The molecule has 0 aromatic carbocycles. The number of halogens is 1. The van der Waals surface area contributed by atoms with Crippen LogP contribution in [-0.4, -0.2) is 14.6 Å². The van der Waals surface area contributed by atoms with E-state index >= 15 is 0 Å². The Kier molecular flexibility index (Phi) is 1.96. The average Bonchev–Trinajstić information content (AvgIpc) is 2.99. The van der Waals surface area contributed by atoms with Gasteiger partial charge in [-0.15, -0.1) is 0 Å². The molecule has 4 heteroatoms. The van der Waals surface area contributed by atoms with Gasteiger partial charge in [-0.25, -0.2) is 9.50 Å². The summed E-state index contributed by atoms with van der Waals surface area (Å²) in [4.78, 5) is 4.59. The molecule has 1 saturated carbocycles. The van der Waals surface area contributed by atoms with Crippen LogP contribution in [0.4, 0.5) is 0 Å². The van der Waals surface area contributed by atoms with Crippen molar-refractivity contribution in [3.63, 3.8) is 0 Å². The van der Waals surface area contributed by atoms with Gasteiger partial charge in [-0.3, -0.25) is 0 Å². The highest BCUT2D eigenvalue weighted by Crippen LogP contribution is 2.41. The number of nitrogens with zero attached hydrogens (tertiary/aromatic N) is 3. The predicted molar refractivity (Wildman–Crippen MR) is 59.4 cm³/mol. The van der Waals surface area contributed by atoms with Crippen molar-refractivity contribution in [2.24, 2.45) is 0 Å². The number of hydrogen-bond acceptors (Lipinski definition) is 2. The van der Waals surface area contributed by atoms with Gasteiger partial charge in [-0.2, -0.15) is 5.10 Å². The first-order chi connectivity index (χ1) is 7.29. The van der Waals surface area contributed by atoms with E-state index in [2.05, 4.69) is 17.0 Å². The second kappa shape index (κ2) is 3.20. The van der Waals surface area contributed by atoms with Crippen LogP contribution in [0, 0.1) is 0 Å². The first-order valence-electron chi connectivity index (χ1n) is 5.32. The fraction of sp³-hybridized carbons (Fsp3) is 0.455. The minimum atomic E-state index is 0.656. The largest absolute Gasteiger partial charge is 0.233 e. The molecule has 0 atom stereocenters. The molecule has 0 unspecified atom stereocenters. The second-order valence-corrected chi connectivity index (χ2v) is 4.42. The van der Waals surface area contributed by atoms with Gasteiger partial charge in [0.1, 0.15) is 5.15 Å². The van der Waals surface area contributed by atoms with Crippen molar-refractivity contribution in [2.75, 3.05) is 0 Å². The lowest BCUT2D eigenvalue weighted by molar-refractivity contribution is 0.912. The van der Waals surface area contributed by atoms with Crippen molar-refractivity contribution in [3.05, 3.63) is 28.7 Å². The van der Waals surface area contributed by atoms with Crippen LogP contribution in [0.2, 0.25) is 5.15 Å². The van der Waals surface area contributed by atoms with Gasteiger partial charge in [0.25, 0.3) is 0 Å². The molecular weight excluding hydrogens is 210 g/mol. The molecular formula is C11H12ClN3. The van der Waals surface area contributed by atoms with Gasteiger partial charge in [0.2, 0.25) is 0 Å². The Labute approximate surface area is 93.1 Å². The Morgan fingerprint density at radius 3 is 3.00 bits per heavy atom.